The fraction of sp³-hybridized carbons (Fsp3) is 0.529. The SMILES string of the molecule is COC(CN)CC(=O)Nc1cccc(C(=O)N2CCCC2)c1C. The summed E-state index contributed by atoms with van der Waals surface area (Å²) < 4.78 is 5.12. The van der Waals surface area contributed by atoms with Crippen molar-refractivity contribution in [1.29, 1.82) is 0 Å². The predicted octanol–water partition coefficient (Wildman–Crippen LogP) is 1.53. The highest BCUT2D eigenvalue weighted by atomic mass is 16.5. The van der Waals surface area contributed by atoms with Gasteiger partial charge in [-0.05, 0) is 37.5 Å². The minimum atomic E-state index is -0.301. The minimum Gasteiger partial charge on any atom is -0.380 e. The number of rotatable bonds is 6. The Morgan fingerprint density at radius 1 is 1.35 bits per heavy atom. The van der Waals surface area contributed by atoms with Gasteiger partial charge in [-0.25, -0.2) is 0 Å². The lowest BCUT2D eigenvalue weighted by molar-refractivity contribution is -0.118. The van der Waals surface area contributed by atoms with Crippen molar-refractivity contribution >= 4 is 17.5 Å². The number of amides is 2. The van der Waals surface area contributed by atoms with E-state index in [2.05, 4.69) is 5.32 Å². The molecule has 6 nitrogen and oxygen atoms in total. The van der Waals surface area contributed by atoms with Crippen molar-refractivity contribution in [3.63, 3.8) is 0 Å². The standard InChI is InChI=1S/C17H25N3O3/c1-12-14(17(22)20-8-3-4-9-20)6-5-7-15(12)19-16(21)10-13(11-18)23-2/h5-7,13H,3-4,8-11,18H2,1-2H3,(H,19,21). The lowest BCUT2D eigenvalue weighted by atomic mass is 10.1. The Morgan fingerprint density at radius 3 is 2.65 bits per heavy atom. The van der Waals surface area contributed by atoms with Crippen molar-refractivity contribution in [2.45, 2.75) is 32.3 Å². The molecule has 0 saturated carbocycles. The molecule has 23 heavy (non-hydrogen) atoms. The van der Waals surface area contributed by atoms with E-state index in [1.54, 1.807) is 12.1 Å². The van der Waals surface area contributed by atoms with Crippen LogP contribution in [-0.2, 0) is 9.53 Å². The number of nitrogens with zero attached hydrogens (tertiary/aromatic N) is 1. The first kappa shape index (κ1) is 17.4. The van der Waals surface area contributed by atoms with E-state index >= 15 is 0 Å². The molecule has 126 valence electrons. The van der Waals surface area contributed by atoms with Gasteiger partial charge in [-0.3, -0.25) is 9.59 Å². The van der Waals surface area contributed by atoms with Gasteiger partial charge in [-0.2, -0.15) is 0 Å². The van der Waals surface area contributed by atoms with E-state index in [4.69, 9.17) is 10.5 Å². The third kappa shape index (κ3) is 4.30. The van der Waals surface area contributed by atoms with Crippen molar-refractivity contribution in [1.82, 2.24) is 4.90 Å². The van der Waals surface area contributed by atoms with E-state index < -0.39 is 0 Å². The molecule has 1 saturated heterocycles. The van der Waals surface area contributed by atoms with Crippen LogP contribution in [0.25, 0.3) is 0 Å². The van der Waals surface area contributed by atoms with E-state index in [1.807, 2.05) is 17.9 Å². The molecule has 0 aliphatic carbocycles. The van der Waals surface area contributed by atoms with Gasteiger partial charge in [0.1, 0.15) is 0 Å². The molecule has 1 aliphatic heterocycles. The Kier molecular flexibility index (Phi) is 6.12. The first-order valence-corrected chi connectivity index (χ1v) is 7.98. The zero-order valence-electron chi connectivity index (χ0n) is 13.8. The second kappa shape index (κ2) is 8.08. The Labute approximate surface area is 137 Å². The maximum atomic E-state index is 12.6. The Bertz CT molecular complexity index is 564. The normalized spacial score (nSPS) is 15.5. The maximum absolute atomic E-state index is 12.6. The van der Waals surface area contributed by atoms with Gasteiger partial charge in [0.25, 0.3) is 5.91 Å². The highest BCUT2D eigenvalue weighted by Crippen LogP contribution is 2.22. The summed E-state index contributed by atoms with van der Waals surface area (Å²) in [6, 6.07) is 5.41. The summed E-state index contributed by atoms with van der Waals surface area (Å²) in [6.07, 6.45) is 2.00. The largest absolute Gasteiger partial charge is 0.380 e. The lowest BCUT2D eigenvalue weighted by Crippen LogP contribution is -2.29. The number of nitrogens with one attached hydrogen (secondary N) is 1. The third-order valence-electron chi connectivity index (χ3n) is 4.24. The fourth-order valence-corrected chi connectivity index (χ4v) is 2.76. The molecule has 0 aromatic heterocycles. The number of likely N-dealkylation sites (tertiary alicyclic amines) is 1. The first-order chi connectivity index (χ1) is 11.1. The molecule has 1 heterocycles. The van der Waals surface area contributed by atoms with Crippen LogP contribution < -0.4 is 11.1 Å². The van der Waals surface area contributed by atoms with Crippen LogP contribution in [0.15, 0.2) is 18.2 Å². The summed E-state index contributed by atoms with van der Waals surface area (Å²) >= 11 is 0. The summed E-state index contributed by atoms with van der Waals surface area (Å²) in [4.78, 5) is 26.5. The summed E-state index contributed by atoms with van der Waals surface area (Å²) in [6.45, 7) is 3.76. The van der Waals surface area contributed by atoms with Gasteiger partial charge in [0, 0.05) is 38.0 Å². The van der Waals surface area contributed by atoms with E-state index in [0.717, 1.165) is 31.5 Å². The molecule has 6 heteroatoms. The van der Waals surface area contributed by atoms with Crippen LogP contribution in [0.2, 0.25) is 0 Å². The van der Waals surface area contributed by atoms with Gasteiger partial charge in [-0.1, -0.05) is 6.07 Å². The van der Waals surface area contributed by atoms with Crippen LogP contribution in [0, 0.1) is 6.92 Å². The van der Waals surface area contributed by atoms with Gasteiger partial charge in [0.15, 0.2) is 0 Å². The highest BCUT2D eigenvalue weighted by molar-refractivity contribution is 5.99. The van der Waals surface area contributed by atoms with Crippen molar-refractivity contribution in [3.05, 3.63) is 29.3 Å². The molecular weight excluding hydrogens is 294 g/mol. The molecule has 0 radical (unpaired) electrons. The van der Waals surface area contributed by atoms with E-state index in [0.29, 0.717) is 11.3 Å². The van der Waals surface area contributed by atoms with Crippen molar-refractivity contribution in [2.24, 2.45) is 5.73 Å². The number of carbonyl (C=O) groups is 2. The molecule has 2 amide bonds. The quantitative estimate of drug-likeness (QED) is 0.833. The number of methoxy groups -OCH3 is 1. The number of carbonyl (C=O) groups excluding carboxylic acids is 2. The molecule has 1 aromatic rings. The third-order valence-corrected chi connectivity index (χ3v) is 4.24. The molecule has 1 atom stereocenters. The second-order valence-electron chi connectivity index (χ2n) is 5.82. The lowest BCUT2D eigenvalue weighted by Gasteiger charge is -2.19. The summed E-state index contributed by atoms with van der Waals surface area (Å²) in [5.41, 5.74) is 7.63. The van der Waals surface area contributed by atoms with E-state index in [1.165, 1.54) is 7.11 Å². The predicted molar refractivity (Wildman–Crippen MR) is 89.4 cm³/mol. The zero-order chi connectivity index (χ0) is 16.8. The molecule has 1 fully saturated rings. The Morgan fingerprint density at radius 2 is 2.04 bits per heavy atom. The maximum Gasteiger partial charge on any atom is 0.254 e. The van der Waals surface area contributed by atoms with E-state index in [9.17, 15) is 9.59 Å². The zero-order valence-corrected chi connectivity index (χ0v) is 13.8. The van der Waals surface area contributed by atoms with Gasteiger partial charge in [-0.15, -0.1) is 0 Å². The number of nitrogens with two attached hydrogens (primary N) is 1. The van der Waals surface area contributed by atoms with Gasteiger partial charge in [0.05, 0.1) is 12.5 Å². The average molecular weight is 319 g/mol. The molecule has 2 rings (SSSR count). The number of hydrogen-bond acceptors (Lipinski definition) is 4. The van der Waals surface area contributed by atoms with Gasteiger partial charge in [0.2, 0.25) is 5.91 Å². The molecule has 3 N–H and O–H groups in total. The van der Waals surface area contributed by atoms with Crippen LogP contribution in [-0.4, -0.2) is 49.6 Å². The second-order valence-corrected chi connectivity index (χ2v) is 5.82. The van der Waals surface area contributed by atoms with Crippen molar-refractivity contribution < 1.29 is 14.3 Å². The molecule has 1 aromatic carbocycles. The molecule has 0 spiro atoms. The van der Waals surface area contributed by atoms with Crippen LogP contribution in [0.5, 0.6) is 0 Å². The van der Waals surface area contributed by atoms with Gasteiger partial charge >= 0.3 is 0 Å². The van der Waals surface area contributed by atoms with Crippen LogP contribution in [0.3, 0.4) is 0 Å². The van der Waals surface area contributed by atoms with Crippen molar-refractivity contribution in [2.75, 3.05) is 32.1 Å². The smallest absolute Gasteiger partial charge is 0.254 e. The topological polar surface area (TPSA) is 84.7 Å². The number of anilines is 1. The monoisotopic (exact) mass is 319 g/mol. The van der Waals surface area contributed by atoms with E-state index in [-0.39, 0.29) is 30.9 Å². The Hall–Kier alpha value is -1.92. The van der Waals surface area contributed by atoms with Gasteiger partial charge < -0.3 is 20.7 Å². The summed E-state index contributed by atoms with van der Waals surface area (Å²) in [7, 11) is 1.53. The summed E-state index contributed by atoms with van der Waals surface area (Å²) in [5, 5.41) is 2.85. The fourth-order valence-electron chi connectivity index (χ4n) is 2.76. The molecule has 0 bridgehead atoms. The molecule has 1 unspecified atom stereocenters. The Balaban J connectivity index is 2.09. The minimum absolute atomic E-state index is 0.0350. The number of ether oxygens (including phenoxy) is 1. The molecular formula is C17H25N3O3. The van der Waals surface area contributed by atoms with Crippen LogP contribution in [0.1, 0.15) is 35.2 Å². The average Bonchev–Trinajstić information content (AvgIpc) is 3.08. The summed E-state index contributed by atoms with van der Waals surface area (Å²) in [5.74, 6) is -0.135. The van der Waals surface area contributed by atoms with Crippen LogP contribution in [0.4, 0.5) is 5.69 Å². The van der Waals surface area contributed by atoms with Crippen LogP contribution >= 0.6 is 0 Å². The molecule has 1 aliphatic rings. The van der Waals surface area contributed by atoms with Crippen molar-refractivity contribution in [3.8, 4) is 0 Å². The number of benzene rings is 1. The number of hydrogen-bond donors (Lipinski definition) is 2. The first-order valence-electron chi connectivity index (χ1n) is 7.98. The highest BCUT2D eigenvalue weighted by Gasteiger charge is 2.22.